The maximum atomic E-state index is 4.62. The zero-order valence-electron chi connectivity index (χ0n) is 19.8. The van der Waals surface area contributed by atoms with Crippen molar-refractivity contribution >= 4 is 11.4 Å². The number of nitrogens with one attached hydrogen (secondary N) is 3. The quantitative estimate of drug-likeness (QED) is 0.389. The van der Waals surface area contributed by atoms with E-state index in [4.69, 9.17) is 0 Å². The van der Waals surface area contributed by atoms with Crippen molar-refractivity contribution in [2.45, 2.75) is 54.6 Å². The highest BCUT2D eigenvalue weighted by molar-refractivity contribution is 5.59. The Morgan fingerprint density at radius 3 is 1.81 bits per heavy atom. The molecule has 0 bridgehead atoms. The highest BCUT2D eigenvalue weighted by atomic mass is 15.0. The normalized spacial score (nSPS) is 10.9. The van der Waals surface area contributed by atoms with Crippen molar-refractivity contribution in [2.75, 3.05) is 23.7 Å². The Labute approximate surface area is 187 Å². The smallest absolute Gasteiger partial charge is 0.0591 e. The second-order valence-electron chi connectivity index (χ2n) is 8.61. The van der Waals surface area contributed by atoms with E-state index >= 15 is 0 Å². The Morgan fingerprint density at radius 2 is 1.23 bits per heavy atom. The zero-order valence-corrected chi connectivity index (χ0v) is 19.8. The van der Waals surface area contributed by atoms with Crippen LogP contribution in [0.25, 0.3) is 0 Å². The third-order valence-electron chi connectivity index (χ3n) is 5.69. The molecule has 1 aromatic heterocycles. The molecule has 0 amide bonds. The van der Waals surface area contributed by atoms with Crippen molar-refractivity contribution in [3.05, 3.63) is 87.2 Å². The molecule has 31 heavy (non-hydrogen) atoms. The topological polar surface area (TPSA) is 49.0 Å². The minimum atomic E-state index is 0.761. The van der Waals surface area contributed by atoms with Crippen LogP contribution in [0.3, 0.4) is 0 Å². The molecule has 3 N–H and O–H groups in total. The first-order valence-corrected chi connectivity index (χ1v) is 11.1. The van der Waals surface area contributed by atoms with Gasteiger partial charge in [0.1, 0.15) is 0 Å². The lowest BCUT2D eigenvalue weighted by Crippen LogP contribution is -2.23. The van der Waals surface area contributed by atoms with E-state index < -0.39 is 0 Å². The number of anilines is 2. The Morgan fingerprint density at radius 1 is 0.677 bits per heavy atom. The number of nitrogens with zero attached hydrogens (tertiary/aromatic N) is 1. The predicted octanol–water partition coefficient (Wildman–Crippen LogP) is 5.75. The fourth-order valence-electron chi connectivity index (χ4n) is 4.38. The van der Waals surface area contributed by atoms with Crippen LogP contribution >= 0.6 is 0 Å². The molecule has 0 aliphatic heterocycles. The number of rotatable bonds is 9. The SMILES string of the molecule is Cc1cc(C)c(NCCNCc2ncccc2CNc2c(C)cc(C)cc2C)c(C)c1. The Balaban J connectivity index is 1.53. The molecule has 3 aromatic rings. The van der Waals surface area contributed by atoms with Gasteiger partial charge in [-0.1, -0.05) is 41.5 Å². The largest absolute Gasteiger partial charge is 0.383 e. The average Bonchev–Trinajstić information content (AvgIpc) is 2.69. The molecule has 0 aliphatic rings. The van der Waals surface area contributed by atoms with Crippen LogP contribution in [-0.4, -0.2) is 18.1 Å². The first-order chi connectivity index (χ1) is 14.8. The predicted molar refractivity (Wildman–Crippen MR) is 133 cm³/mol. The van der Waals surface area contributed by atoms with E-state index in [9.17, 15) is 0 Å². The first kappa shape index (κ1) is 22.8. The fraction of sp³-hybridized carbons (Fsp3) is 0.370. The zero-order chi connectivity index (χ0) is 22.4. The molecule has 0 aliphatic carbocycles. The number of benzene rings is 2. The summed E-state index contributed by atoms with van der Waals surface area (Å²) in [7, 11) is 0. The van der Waals surface area contributed by atoms with Gasteiger partial charge in [-0.15, -0.1) is 0 Å². The molecule has 0 spiro atoms. The Bertz CT molecular complexity index is 993. The second kappa shape index (κ2) is 10.5. The summed E-state index contributed by atoms with van der Waals surface area (Å²) >= 11 is 0. The van der Waals surface area contributed by atoms with Gasteiger partial charge in [0.25, 0.3) is 0 Å². The van der Waals surface area contributed by atoms with Crippen molar-refractivity contribution in [2.24, 2.45) is 0 Å². The third kappa shape index (κ3) is 6.08. The minimum absolute atomic E-state index is 0.761. The molecular weight excluding hydrogens is 380 g/mol. The highest BCUT2D eigenvalue weighted by Gasteiger charge is 2.07. The van der Waals surface area contributed by atoms with Crippen LogP contribution in [0.1, 0.15) is 44.6 Å². The monoisotopic (exact) mass is 416 g/mol. The van der Waals surface area contributed by atoms with Gasteiger partial charge in [-0.25, -0.2) is 0 Å². The van der Waals surface area contributed by atoms with Crippen LogP contribution in [0.4, 0.5) is 11.4 Å². The summed E-state index contributed by atoms with van der Waals surface area (Å²) in [6, 6.07) is 13.1. The van der Waals surface area contributed by atoms with Crippen LogP contribution in [0.5, 0.6) is 0 Å². The number of hydrogen-bond donors (Lipinski definition) is 3. The average molecular weight is 417 g/mol. The second-order valence-corrected chi connectivity index (χ2v) is 8.61. The molecular formula is C27H36N4. The van der Waals surface area contributed by atoms with Gasteiger partial charge in [0.2, 0.25) is 0 Å². The van der Waals surface area contributed by atoms with Gasteiger partial charge in [-0.3, -0.25) is 4.98 Å². The molecule has 4 nitrogen and oxygen atoms in total. The van der Waals surface area contributed by atoms with Crippen LogP contribution < -0.4 is 16.0 Å². The lowest BCUT2D eigenvalue weighted by molar-refractivity contribution is 0.686. The molecule has 0 unspecified atom stereocenters. The minimum Gasteiger partial charge on any atom is -0.383 e. The molecule has 3 rings (SSSR count). The van der Waals surface area contributed by atoms with E-state index in [2.05, 4.69) is 92.8 Å². The van der Waals surface area contributed by atoms with Gasteiger partial charge in [0.15, 0.2) is 0 Å². The van der Waals surface area contributed by atoms with Crippen molar-refractivity contribution in [3.8, 4) is 0 Å². The molecule has 0 saturated heterocycles. The summed E-state index contributed by atoms with van der Waals surface area (Å²) in [5.41, 5.74) is 12.6. The molecule has 164 valence electrons. The van der Waals surface area contributed by atoms with E-state index in [0.717, 1.165) is 31.9 Å². The highest BCUT2D eigenvalue weighted by Crippen LogP contribution is 2.23. The molecule has 0 fully saturated rings. The molecule has 0 saturated carbocycles. The lowest BCUT2D eigenvalue weighted by Gasteiger charge is -2.16. The van der Waals surface area contributed by atoms with Gasteiger partial charge in [-0.2, -0.15) is 0 Å². The molecule has 2 aromatic carbocycles. The summed E-state index contributed by atoms with van der Waals surface area (Å²) in [6.45, 7) is 16.3. The van der Waals surface area contributed by atoms with Gasteiger partial charge in [0, 0.05) is 43.8 Å². The summed E-state index contributed by atoms with van der Waals surface area (Å²) < 4.78 is 0. The number of hydrogen-bond acceptors (Lipinski definition) is 4. The molecule has 0 atom stereocenters. The van der Waals surface area contributed by atoms with Gasteiger partial charge < -0.3 is 16.0 Å². The number of aromatic nitrogens is 1. The Hall–Kier alpha value is -2.85. The van der Waals surface area contributed by atoms with Crippen LogP contribution in [0.2, 0.25) is 0 Å². The van der Waals surface area contributed by atoms with E-state index in [0.29, 0.717) is 0 Å². The van der Waals surface area contributed by atoms with Crippen molar-refractivity contribution in [3.63, 3.8) is 0 Å². The summed E-state index contributed by atoms with van der Waals surface area (Å²) in [5, 5.41) is 10.7. The number of pyridine rings is 1. The van der Waals surface area contributed by atoms with Gasteiger partial charge in [-0.05, 0) is 75.4 Å². The standard InChI is InChI=1S/C27H36N4/c1-18-12-20(3)26(21(4)13-18)30-11-10-28-17-25-24(8-7-9-29-25)16-31-27-22(5)14-19(2)15-23(27)6/h7-9,12-15,28,30-31H,10-11,16-17H2,1-6H3. The van der Waals surface area contributed by atoms with E-state index in [-0.39, 0.29) is 0 Å². The maximum Gasteiger partial charge on any atom is 0.0591 e. The van der Waals surface area contributed by atoms with E-state index in [1.165, 1.54) is 50.3 Å². The van der Waals surface area contributed by atoms with Crippen LogP contribution in [0, 0.1) is 41.5 Å². The summed E-state index contributed by atoms with van der Waals surface area (Å²) in [5.74, 6) is 0. The van der Waals surface area contributed by atoms with Crippen LogP contribution in [0.15, 0.2) is 42.6 Å². The first-order valence-electron chi connectivity index (χ1n) is 11.1. The Kier molecular flexibility index (Phi) is 7.69. The summed E-state index contributed by atoms with van der Waals surface area (Å²) in [6.07, 6.45) is 1.88. The van der Waals surface area contributed by atoms with Crippen molar-refractivity contribution in [1.82, 2.24) is 10.3 Å². The van der Waals surface area contributed by atoms with E-state index in [1.54, 1.807) is 0 Å². The molecule has 0 radical (unpaired) electrons. The molecule has 1 heterocycles. The number of aryl methyl sites for hydroxylation is 6. The van der Waals surface area contributed by atoms with Gasteiger partial charge >= 0.3 is 0 Å². The molecule has 4 heteroatoms. The third-order valence-corrected chi connectivity index (χ3v) is 5.69. The van der Waals surface area contributed by atoms with Crippen molar-refractivity contribution in [1.29, 1.82) is 0 Å². The fourth-order valence-corrected chi connectivity index (χ4v) is 4.38. The van der Waals surface area contributed by atoms with E-state index in [1.807, 2.05) is 12.3 Å². The van der Waals surface area contributed by atoms with Gasteiger partial charge in [0.05, 0.1) is 5.69 Å². The maximum absolute atomic E-state index is 4.62. The van der Waals surface area contributed by atoms with Crippen LogP contribution in [-0.2, 0) is 13.1 Å². The summed E-state index contributed by atoms with van der Waals surface area (Å²) in [4.78, 5) is 4.62. The van der Waals surface area contributed by atoms with Crippen molar-refractivity contribution < 1.29 is 0 Å². The lowest BCUT2D eigenvalue weighted by atomic mass is 10.0.